The van der Waals surface area contributed by atoms with Crippen LogP contribution in [0.5, 0.6) is 0 Å². The summed E-state index contributed by atoms with van der Waals surface area (Å²) in [4.78, 5) is 0. The Morgan fingerprint density at radius 1 is 1.00 bits per heavy atom. The summed E-state index contributed by atoms with van der Waals surface area (Å²) in [5.41, 5.74) is 0. The molecule has 0 nitrogen and oxygen atoms in total. The Morgan fingerprint density at radius 2 is 1.00 bits per heavy atom. The minimum Gasteiger partial charge on any atom is 0 e. The van der Waals surface area contributed by atoms with Crippen molar-refractivity contribution in [2.24, 2.45) is 0 Å². The van der Waals surface area contributed by atoms with E-state index in [0.29, 0.717) is 0 Å². The van der Waals surface area contributed by atoms with Gasteiger partial charge in [0.2, 0.25) is 0 Å². The van der Waals surface area contributed by atoms with E-state index in [9.17, 15) is 0 Å². The van der Waals surface area contributed by atoms with Crippen LogP contribution >= 0.6 is 0 Å². The van der Waals surface area contributed by atoms with Gasteiger partial charge < -0.3 is 0 Å². The Hall–Kier alpha value is 4.22. The molecular weight excluding hydrogens is 395 g/mol. The summed E-state index contributed by atoms with van der Waals surface area (Å²) in [6.07, 6.45) is 0. The zero-order valence-corrected chi connectivity index (χ0v) is 12.9. The maximum atomic E-state index is 0. The van der Waals surface area contributed by atoms with Crippen LogP contribution in [0, 0.1) is 77.3 Å². The summed E-state index contributed by atoms with van der Waals surface area (Å²) >= 11 is 0. The molecule has 0 aliphatic carbocycles. The summed E-state index contributed by atoms with van der Waals surface area (Å²) in [5, 5.41) is 0. The predicted octanol–water partition coefficient (Wildman–Crippen LogP) is -0.383. The summed E-state index contributed by atoms with van der Waals surface area (Å²) in [5.74, 6) is 0. The summed E-state index contributed by atoms with van der Waals surface area (Å²) < 4.78 is 0. The van der Waals surface area contributed by atoms with Gasteiger partial charge in [-0.15, -0.1) is 0 Å². The van der Waals surface area contributed by atoms with E-state index >= 15 is 0 Å². The largest absolute Gasteiger partial charge is 0 e. The number of rotatable bonds is 0. The topological polar surface area (TPSA) is 0 Å². The molecule has 0 aromatic carbocycles. The van der Waals surface area contributed by atoms with E-state index in [1.165, 1.54) is 0 Å². The molecule has 0 fully saturated rings. The van der Waals surface area contributed by atoms with Gasteiger partial charge in [0.1, 0.15) is 0 Å². The minimum atomic E-state index is 0. The summed E-state index contributed by atoms with van der Waals surface area (Å²) in [7, 11) is 0. The molecule has 0 rings (SSSR count). The fraction of sp³-hybridized carbons (Fsp3) is 0. The molecule has 0 bridgehead atoms. The van der Waals surface area contributed by atoms with Gasteiger partial charge >= 0.3 is 0 Å². The average Bonchev–Trinajstić information content (AvgIpc) is 0. The molecule has 0 spiro atoms. The van der Waals surface area contributed by atoms with Gasteiger partial charge in [-0.05, 0) is 0 Å². The van der Waals surface area contributed by atoms with Crippen LogP contribution in [0.15, 0.2) is 0 Å². The maximum absolute atomic E-state index is 0. The molecule has 0 heterocycles. The van der Waals surface area contributed by atoms with Gasteiger partial charge in [-0.1, -0.05) is 0 Å². The van der Waals surface area contributed by atoms with Crippen LogP contribution in [-0.4, -0.2) is 23.1 Å². The third kappa shape index (κ3) is 9.52. The molecule has 0 aromatic rings. The van der Waals surface area contributed by atoms with Gasteiger partial charge in [-0.2, -0.15) is 0 Å². The van der Waals surface area contributed by atoms with Crippen LogP contribution in [0.25, 0.3) is 0 Å². The van der Waals surface area contributed by atoms with Gasteiger partial charge in [0.15, 0.2) is 0 Å². The molecule has 0 aliphatic rings. The molecule has 4 heavy (non-hydrogen) atoms. The third-order valence-corrected chi connectivity index (χ3v) is 0. The molecule has 0 atom stereocenters. The standard InChI is InChI=1S/Ce.La.Mg.Zr. The van der Waals surface area contributed by atoms with Crippen LogP contribution in [0.3, 0.4) is 0 Å². The fourth-order valence-corrected chi connectivity index (χ4v) is 0. The van der Waals surface area contributed by atoms with E-state index in [2.05, 4.69) is 0 Å². The van der Waals surface area contributed by atoms with Crippen molar-refractivity contribution in [1.82, 2.24) is 0 Å². The Labute approximate surface area is 123 Å². The molecule has 0 aromatic heterocycles. The van der Waals surface area contributed by atoms with Crippen molar-refractivity contribution >= 4 is 23.1 Å². The SMILES string of the molecule is [Ce].[La].[Mg].[Zr]. The van der Waals surface area contributed by atoms with Crippen LogP contribution in [-0.2, 0) is 26.2 Å². The monoisotopic (exact) mass is 393 g/mol. The van der Waals surface area contributed by atoms with Gasteiger partial charge in [-0.25, -0.2) is 0 Å². The Morgan fingerprint density at radius 3 is 1.00 bits per heavy atom. The maximum Gasteiger partial charge on any atom is 0 e. The van der Waals surface area contributed by atoms with Crippen LogP contribution in [0.4, 0.5) is 0 Å². The van der Waals surface area contributed by atoms with E-state index in [4.69, 9.17) is 0 Å². The van der Waals surface area contributed by atoms with Crippen molar-refractivity contribution in [3.8, 4) is 0 Å². The van der Waals surface area contributed by atoms with Crippen LogP contribution in [0.1, 0.15) is 0 Å². The first-order valence-corrected chi connectivity index (χ1v) is 0. The molecule has 0 aliphatic heterocycles. The van der Waals surface area contributed by atoms with Gasteiger partial charge in [0, 0.05) is 127 Å². The van der Waals surface area contributed by atoms with Gasteiger partial charge in [0.05, 0.1) is 0 Å². The zero-order chi connectivity index (χ0) is 0. The Bertz CT molecular complexity index is 8.00. The minimum absolute atomic E-state index is 0. The van der Waals surface area contributed by atoms with Crippen molar-refractivity contribution in [3.63, 3.8) is 0 Å². The van der Waals surface area contributed by atoms with Crippen molar-refractivity contribution in [2.75, 3.05) is 0 Å². The molecule has 0 N–H and O–H groups in total. The van der Waals surface area contributed by atoms with Gasteiger partial charge in [0.25, 0.3) is 0 Å². The Kier molecular flexibility index (Phi) is 94.3. The normalized spacial score (nSPS) is 0. The van der Waals surface area contributed by atoms with E-state index in [0.717, 1.165) is 0 Å². The molecule has 0 saturated carbocycles. The summed E-state index contributed by atoms with van der Waals surface area (Å²) in [6.45, 7) is 0. The second kappa shape index (κ2) is 15.7. The van der Waals surface area contributed by atoms with Crippen molar-refractivity contribution in [3.05, 3.63) is 0 Å². The quantitative estimate of drug-likeness (QED) is 0.492. The zero-order valence-electron chi connectivity index (χ0n) is 2.28. The van der Waals surface area contributed by atoms with E-state index in [1.54, 1.807) is 0 Å². The molecule has 0 saturated heterocycles. The second-order valence-electron chi connectivity index (χ2n) is 0. The molecule has 13 valence electrons. The average molecular weight is 395 g/mol. The first-order valence-electron chi connectivity index (χ1n) is 0. The second-order valence-corrected chi connectivity index (χ2v) is 0. The number of hydrogen-bond donors (Lipinski definition) is 0. The summed E-state index contributed by atoms with van der Waals surface area (Å²) in [6, 6.07) is 0. The van der Waals surface area contributed by atoms with E-state index in [1.807, 2.05) is 0 Å². The molecule has 0 unspecified atom stereocenters. The Balaban J connectivity index is 0. The predicted molar refractivity (Wildman–Crippen MR) is 5.75 cm³/mol. The smallest absolute Gasteiger partial charge is 0 e. The number of hydrogen-bond acceptors (Lipinski definition) is 0. The first-order chi connectivity index (χ1) is 0. The van der Waals surface area contributed by atoms with Crippen LogP contribution in [0.2, 0.25) is 0 Å². The first kappa shape index (κ1) is 24.1. The van der Waals surface area contributed by atoms with Crippen molar-refractivity contribution in [2.45, 2.75) is 0 Å². The molecule has 0 amide bonds. The third-order valence-electron chi connectivity index (χ3n) is 0. The van der Waals surface area contributed by atoms with Gasteiger partial charge in [-0.3, -0.25) is 0 Å². The molecule has 4 heteroatoms. The van der Waals surface area contributed by atoms with E-state index in [-0.39, 0.29) is 127 Å². The van der Waals surface area contributed by atoms with E-state index < -0.39 is 0 Å². The fourth-order valence-electron chi connectivity index (χ4n) is 0. The van der Waals surface area contributed by atoms with Crippen molar-refractivity contribution in [1.29, 1.82) is 0 Å². The molecular formula is CeLaMgZr. The van der Waals surface area contributed by atoms with Crippen LogP contribution < -0.4 is 0 Å². The van der Waals surface area contributed by atoms with Crippen molar-refractivity contribution < 1.29 is 104 Å². The molecule has 3 radical (unpaired) electrons.